The molecule has 1 aliphatic heterocycles. The van der Waals surface area contributed by atoms with Crippen molar-refractivity contribution < 1.29 is 0 Å². The number of rotatable bonds is 0. The van der Waals surface area contributed by atoms with Gasteiger partial charge in [0.2, 0.25) is 0 Å². The number of hydrazine groups is 1. The highest BCUT2D eigenvalue weighted by Gasteiger charge is 2.25. The summed E-state index contributed by atoms with van der Waals surface area (Å²) in [5.41, 5.74) is 3.20. The van der Waals surface area contributed by atoms with E-state index in [1.807, 2.05) is 12.1 Å². The molecule has 0 amide bonds. The van der Waals surface area contributed by atoms with E-state index in [0.717, 1.165) is 11.7 Å². The van der Waals surface area contributed by atoms with E-state index in [-0.39, 0.29) is 5.41 Å². The quantitative estimate of drug-likeness (QED) is 0.569. The average molecular weight is 153 g/mol. The van der Waals surface area contributed by atoms with Gasteiger partial charge < -0.3 is 0 Å². The molecule has 3 heteroatoms. The Morgan fingerprint density at radius 3 is 2.18 bits per heavy atom. The summed E-state index contributed by atoms with van der Waals surface area (Å²) in [6.45, 7) is 10.1. The lowest BCUT2D eigenvalue weighted by Gasteiger charge is -2.20. The van der Waals surface area contributed by atoms with Gasteiger partial charge in [-0.05, 0) is 0 Å². The molecule has 0 saturated heterocycles. The first kappa shape index (κ1) is 8.11. The van der Waals surface area contributed by atoms with E-state index in [0.29, 0.717) is 0 Å². The van der Waals surface area contributed by atoms with Gasteiger partial charge in [0.1, 0.15) is 11.7 Å². The third-order valence-electron chi connectivity index (χ3n) is 1.61. The molecule has 0 aliphatic carbocycles. The van der Waals surface area contributed by atoms with Crippen LogP contribution in [0, 0.1) is 5.41 Å². The monoisotopic (exact) mass is 153 g/mol. The maximum absolute atomic E-state index is 4.28. The molecule has 0 fully saturated rings. The molecule has 11 heavy (non-hydrogen) atoms. The van der Waals surface area contributed by atoms with Crippen LogP contribution in [0.3, 0.4) is 0 Å². The zero-order valence-corrected chi connectivity index (χ0v) is 7.60. The molecule has 0 saturated carbocycles. The van der Waals surface area contributed by atoms with Crippen molar-refractivity contribution in [1.29, 1.82) is 0 Å². The summed E-state index contributed by atoms with van der Waals surface area (Å²) in [4.78, 5) is 4.28. The van der Waals surface area contributed by atoms with Crippen LogP contribution in [0.25, 0.3) is 0 Å². The Morgan fingerprint density at radius 2 is 2.00 bits per heavy atom. The lowest BCUT2D eigenvalue weighted by molar-refractivity contribution is 0.380. The van der Waals surface area contributed by atoms with Crippen LogP contribution in [-0.2, 0) is 0 Å². The lowest BCUT2D eigenvalue weighted by atomic mass is 9.95. The fourth-order valence-corrected chi connectivity index (χ4v) is 0.788. The van der Waals surface area contributed by atoms with Crippen molar-refractivity contribution in [2.24, 2.45) is 10.4 Å². The Hall–Kier alpha value is -0.990. The van der Waals surface area contributed by atoms with Gasteiger partial charge >= 0.3 is 0 Å². The normalized spacial score (nSPS) is 18.4. The third-order valence-corrected chi connectivity index (χ3v) is 1.61. The molecule has 3 nitrogen and oxygen atoms in total. The van der Waals surface area contributed by atoms with E-state index in [9.17, 15) is 0 Å². The van der Waals surface area contributed by atoms with Gasteiger partial charge in [-0.2, -0.15) is 0 Å². The standard InChI is InChI=1S/C8H15N3/c1-6-9-7(8(2,3)4)10-11(6)5/h1H2,2-5H3,(H,9,10). The first-order valence-corrected chi connectivity index (χ1v) is 3.70. The van der Waals surface area contributed by atoms with E-state index in [4.69, 9.17) is 0 Å². The van der Waals surface area contributed by atoms with Gasteiger partial charge in [-0.15, -0.1) is 0 Å². The van der Waals surface area contributed by atoms with Crippen LogP contribution < -0.4 is 5.43 Å². The van der Waals surface area contributed by atoms with Crippen LogP contribution in [0.15, 0.2) is 17.4 Å². The van der Waals surface area contributed by atoms with Crippen molar-refractivity contribution in [3.63, 3.8) is 0 Å². The van der Waals surface area contributed by atoms with Gasteiger partial charge in [0.05, 0.1) is 0 Å². The van der Waals surface area contributed by atoms with Crippen molar-refractivity contribution in [1.82, 2.24) is 10.4 Å². The zero-order valence-electron chi connectivity index (χ0n) is 7.60. The number of aliphatic imine (C=N–C) groups is 1. The second kappa shape index (κ2) is 2.26. The van der Waals surface area contributed by atoms with E-state index in [1.54, 1.807) is 0 Å². The van der Waals surface area contributed by atoms with Crippen molar-refractivity contribution in [3.8, 4) is 0 Å². The molecular weight excluding hydrogens is 138 g/mol. The lowest BCUT2D eigenvalue weighted by Crippen LogP contribution is -2.38. The summed E-state index contributed by atoms with van der Waals surface area (Å²) in [6.07, 6.45) is 0. The van der Waals surface area contributed by atoms with E-state index in [2.05, 4.69) is 37.8 Å². The molecule has 0 radical (unpaired) electrons. The fourth-order valence-electron chi connectivity index (χ4n) is 0.788. The van der Waals surface area contributed by atoms with Crippen LogP contribution in [0.5, 0.6) is 0 Å². The Kier molecular flexibility index (Phi) is 1.66. The summed E-state index contributed by atoms with van der Waals surface area (Å²) in [7, 11) is 1.91. The number of amidine groups is 1. The summed E-state index contributed by atoms with van der Waals surface area (Å²) in [6, 6.07) is 0. The number of nitrogens with zero attached hydrogens (tertiary/aromatic N) is 2. The van der Waals surface area contributed by atoms with Gasteiger partial charge in [0.25, 0.3) is 0 Å². The molecule has 0 aromatic carbocycles. The smallest absolute Gasteiger partial charge is 0.141 e. The van der Waals surface area contributed by atoms with Gasteiger partial charge in [-0.25, -0.2) is 4.99 Å². The molecule has 1 aliphatic rings. The van der Waals surface area contributed by atoms with Crippen LogP contribution in [0.4, 0.5) is 0 Å². The first-order valence-electron chi connectivity index (χ1n) is 3.70. The maximum atomic E-state index is 4.28. The van der Waals surface area contributed by atoms with E-state index >= 15 is 0 Å². The summed E-state index contributed by atoms with van der Waals surface area (Å²) >= 11 is 0. The van der Waals surface area contributed by atoms with Gasteiger partial charge in [-0.1, -0.05) is 27.4 Å². The van der Waals surface area contributed by atoms with E-state index in [1.165, 1.54) is 0 Å². The van der Waals surface area contributed by atoms with Gasteiger partial charge in [0.15, 0.2) is 0 Å². The molecule has 0 aromatic rings. The second-order valence-corrected chi connectivity index (χ2v) is 3.80. The molecular formula is C8H15N3. The number of hydrogen-bond donors (Lipinski definition) is 1. The van der Waals surface area contributed by atoms with Gasteiger partial charge in [0, 0.05) is 12.5 Å². The Bertz CT molecular complexity index is 210. The maximum Gasteiger partial charge on any atom is 0.141 e. The van der Waals surface area contributed by atoms with Crippen LogP contribution in [0.1, 0.15) is 20.8 Å². The summed E-state index contributed by atoms with van der Waals surface area (Å²) in [5.74, 6) is 1.75. The second-order valence-electron chi connectivity index (χ2n) is 3.80. The summed E-state index contributed by atoms with van der Waals surface area (Å²) < 4.78 is 0. The van der Waals surface area contributed by atoms with Crippen molar-refractivity contribution in [3.05, 3.63) is 12.4 Å². The minimum atomic E-state index is 0.0771. The predicted octanol–water partition coefficient (Wildman–Crippen LogP) is 1.35. The predicted molar refractivity (Wildman–Crippen MR) is 46.9 cm³/mol. The van der Waals surface area contributed by atoms with E-state index < -0.39 is 0 Å². The minimum Gasteiger partial charge on any atom is -0.284 e. The van der Waals surface area contributed by atoms with Crippen LogP contribution >= 0.6 is 0 Å². The van der Waals surface area contributed by atoms with Crippen molar-refractivity contribution in [2.75, 3.05) is 7.05 Å². The largest absolute Gasteiger partial charge is 0.284 e. The molecule has 62 valence electrons. The SMILES string of the molecule is C=C1N=C(C(C)(C)C)NN1C. The molecule has 0 unspecified atom stereocenters. The topological polar surface area (TPSA) is 27.6 Å². The zero-order chi connectivity index (χ0) is 8.65. The number of nitrogens with one attached hydrogen (secondary N) is 1. The molecule has 1 N–H and O–H groups in total. The highest BCUT2D eigenvalue weighted by Crippen LogP contribution is 2.20. The molecule has 1 rings (SSSR count). The summed E-state index contributed by atoms with van der Waals surface area (Å²) in [5, 5.41) is 1.82. The molecule has 0 spiro atoms. The number of hydrogen-bond acceptors (Lipinski definition) is 3. The average Bonchev–Trinajstić information content (AvgIpc) is 2.11. The van der Waals surface area contributed by atoms with Crippen molar-refractivity contribution >= 4 is 5.84 Å². The Morgan fingerprint density at radius 1 is 1.45 bits per heavy atom. The van der Waals surface area contributed by atoms with Crippen LogP contribution in [0.2, 0.25) is 0 Å². The third kappa shape index (κ3) is 1.53. The van der Waals surface area contributed by atoms with Crippen LogP contribution in [-0.4, -0.2) is 17.9 Å². The molecule has 0 atom stereocenters. The Labute approximate surface area is 67.8 Å². The highest BCUT2D eigenvalue weighted by atomic mass is 15.6. The highest BCUT2D eigenvalue weighted by molar-refractivity contribution is 5.89. The molecule has 1 heterocycles. The first-order chi connectivity index (χ1) is 4.91. The molecule has 0 aromatic heterocycles. The minimum absolute atomic E-state index is 0.0771. The fraction of sp³-hybridized carbons (Fsp3) is 0.625. The molecule has 0 bridgehead atoms. The Balaban J connectivity index is 2.80. The van der Waals surface area contributed by atoms with Crippen molar-refractivity contribution in [2.45, 2.75) is 20.8 Å². The van der Waals surface area contributed by atoms with Gasteiger partial charge in [-0.3, -0.25) is 10.4 Å².